The lowest BCUT2D eigenvalue weighted by molar-refractivity contribution is 0.445. The van der Waals surface area contributed by atoms with E-state index in [2.05, 4.69) is 10.4 Å². The minimum absolute atomic E-state index is 0.0143. The number of nitrogens with zero attached hydrogens (tertiary/aromatic N) is 2. The molecule has 148 valence electrons. The highest BCUT2D eigenvalue weighted by Crippen LogP contribution is 2.17. The van der Waals surface area contributed by atoms with E-state index < -0.39 is 36.6 Å². The molecule has 0 aliphatic heterocycles. The lowest BCUT2D eigenvalue weighted by Gasteiger charge is -2.18. The maximum atomic E-state index is 13.6. The normalized spacial score (nSPS) is 12.3. The van der Waals surface area contributed by atoms with Crippen LogP contribution >= 0.6 is 0 Å². The number of hydrazine groups is 1. The third-order valence-corrected chi connectivity index (χ3v) is 6.89. The van der Waals surface area contributed by atoms with Gasteiger partial charge in [0.2, 0.25) is 10.0 Å². The second-order valence-corrected chi connectivity index (χ2v) is 8.86. The Kier molecular flexibility index (Phi) is 6.46. The second kappa shape index (κ2) is 8.25. The summed E-state index contributed by atoms with van der Waals surface area (Å²) in [4.78, 5) is 4.92. The maximum Gasteiger partial charge on any atom is 0.260 e. The van der Waals surface area contributed by atoms with Crippen LogP contribution in [0.4, 0.5) is 14.6 Å². The molecule has 1 aromatic carbocycles. The van der Waals surface area contributed by atoms with E-state index in [0.717, 1.165) is 18.3 Å². The summed E-state index contributed by atoms with van der Waals surface area (Å²) < 4.78 is 76.6. The summed E-state index contributed by atoms with van der Waals surface area (Å²) in [6.07, 6.45) is 1.07. The summed E-state index contributed by atoms with van der Waals surface area (Å²) in [5, 5.41) is 0. The number of anilines is 1. The number of halogens is 2. The SMILES string of the molecule is CCN(CC)S(=O)(=O)c1ccc(NNS(=O)(=O)c2ccc(F)cc2F)nc1. The van der Waals surface area contributed by atoms with Crippen LogP contribution in [0.25, 0.3) is 0 Å². The van der Waals surface area contributed by atoms with Crippen LogP contribution in [-0.4, -0.2) is 39.2 Å². The van der Waals surface area contributed by atoms with E-state index >= 15 is 0 Å². The van der Waals surface area contributed by atoms with Crippen molar-refractivity contribution in [2.24, 2.45) is 0 Å². The average molecular weight is 420 g/mol. The van der Waals surface area contributed by atoms with Crippen molar-refractivity contribution >= 4 is 25.9 Å². The predicted octanol–water partition coefficient (Wildman–Crippen LogP) is 1.70. The summed E-state index contributed by atoms with van der Waals surface area (Å²) in [6.45, 7) is 3.99. The van der Waals surface area contributed by atoms with Crippen molar-refractivity contribution in [2.75, 3.05) is 18.5 Å². The third-order valence-electron chi connectivity index (χ3n) is 3.58. The Morgan fingerprint density at radius 2 is 1.70 bits per heavy atom. The quantitative estimate of drug-likeness (QED) is 0.630. The van der Waals surface area contributed by atoms with Crippen LogP contribution in [0.2, 0.25) is 0 Å². The van der Waals surface area contributed by atoms with Crippen molar-refractivity contribution in [3.63, 3.8) is 0 Å². The van der Waals surface area contributed by atoms with E-state index in [1.54, 1.807) is 13.8 Å². The largest absolute Gasteiger partial charge is 0.292 e. The van der Waals surface area contributed by atoms with Crippen LogP contribution in [0.15, 0.2) is 46.3 Å². The van der Waals surface area contributed by atoms with E-state index in [4.69, 9.17) is 0 Å². The van der Waals surface area contributed by atoms with Gasteiger partial charge in [-0.25, -0.2) is 30.6 Å². The number of pyridine rings is 1. The van der Waals surface area contributed by atoms with Gasteiger partial charge in [-0.2, -0.15) is 4.31 Å². The van der Waals surface area contributed by atoms with Gasteiger partial charge in [-0.15, -0.1) is 4.83 Å². The first kappa shape index (κ1) is 21.2. The molecule has 0 atom stereocenters. The lowest BCUT2D eigenvalue weighted by Crippen LogP contribution is -2.31. The average Bonchev–Trinajstić information content (AvgIpc) is 2.61. The van der Waals surface area contributed by atoms with Gasteiger partial charge in [0.15, 0.2) is 0 Å². The Bertz CT molecular complexity index is 1010. The minimum atomic E-state index is -4.34. The zero-order valence-electron chi connectivity index (χ0n) is 14.5. The number of sulfonamides is 2. The fourth-order valence-corrected chi connectivity index (χ4v) is 4.50. The van der Waals surface area contributed by atoms with Crippen molar-refractivity contribution in [3.05, 3.63) is 48.2 Å². The van der Waals surface area contributed by atoms with Gasteiger partial charge in [0.05, 0.1) is 0 Å². The summed E-state index contributed by atoms with van der Waals surface area (Å²) in [6, 6.07) is 4.54. The predicted molar refractivity (Wildman–Crippen MR) is 94.6 cm³/mol. The molecular formula is C15H18F2N4O4S2. The van der Waals surface area contributed by atoms with E-state index in [-0.39, 0.29) is 10.7 Å². The van der Waals surface area contributed by atoms with Crippen LogP contribution in [0.3, 0.4) is 0 Å². The molecule has 8 nitrogen and oxygen atoms in total. The van der Waals surface area contributed by atoms with Gasteiger partial charge in [-0.1, -0.05) is 13.8 Å². The molecule has 1 heterocycles. The molecule has 0 spiro atoms. The number of benzene rings is 1. The molecule has 1 aromatic heterocycles. The topological polar surface area (TPSA) is 108 Å². The van der Waals surface area contributed by atoms with E-state index in [9.17, 15) is 25.6 Å². The van der Waals surface area contributed by atoms with Crippen LogP contribution < -0.4 is 10.3 Å². The number of aromatic nitrogens is 1. The Morgan fingerprint density at radius 3 is 2.22 bits per heavy atom. The monoisotopic (exact) mass is 420 g/mol. The zero-order valence-corrected chi connectivity index (χ0v) is 16.1. The number of hydrogen-bond acceptors (Lipinski definition) is 6. The van der Waals surface area contributed by atoms with E-state index in [1.165, 1.54) is 16.4 Å². The summed E-state index contributed by atoms with van der Waals surface area (Å²) in [5.74, 6) is -2.18. The molecule has 0 aliphatic rings. The van der Waals surface area contributed by atoms with Crippen molar-refractivity contribution in [1.29, 1.82) is 0 Å². The first-order valence-corrected chi connectivity index (χ1v) is 10.7. The van der Waals surface area contributed by atoms with Crippen LogP contribution in [0.1, 0.15) is 13.8 Å². The lowest BCUT2D eigenvalue weighted by atomic mass is 10.3. The van der Waals surface area contributed by atoms with Gasteiger partial charge in [0, 0.05) is 25.4 Å². The third kappa shape index (κ3) is 4.77. The van der Waals surface area contributed by atoms with Crippen LogP contribution in [-0.2, 0) is 20.0 Å². The number of rotatable bonds is 8. The highest BCUT2D eigenvalue weighted by Gasteiger charge is 2.22. The Balaban J connectivity index is 2.15. The van der Waals surface area contributed by atoms with Gasteiger partial charge < -0.3 is 0 Å². The van der Waals surface area contributed by atoms with E-state index in [1.807, 2.05) is 4.83 Å². The molecule has 0 aliphatic carbocycles. The highest BCUT2D eigenvalue weighted by molar-refractivity contribution is 7.89. The minimum Gasteiger partial charge on any atom is -0.292 e. The smallest absolute Gasteiger partial charge is 0.260 e. The maximum absolute atomic E-state index is 13.6. The van der Waals surface area contributed by atoms with Crippen molar-refractivity contribution < 1.29 is 25.6 Å². The Hall–Kier alpha value is -2.15. The first-order chi connectivity index (χ1) is 12.6. The molecule has 2 N–H and O–H groups in total. The molecule has 0 amide bonds. The zero-order chi connectivity index (χ0) is 20.2. The van der Waals surface area contributed by atoms with Crippen LogP contribution in [0, 0.1) is 11.6 Å². The van der Waals surface area contributed by atoms with Gasteiger partial charge in [0.25, 0.3) is 10.0 Å². The first-order valence-electron chi connectivity index (χ1n) is 7.81. The van der Waals surface area contributed by atoms with Gasteiger partial charge in [0.1, 0.15) is 27.2 Å². The molecule has 2 aromatic rings. The summed E-state index contributed by atoms with van der Waals surface area (Å²) in [7, 11) is -8.03. The van der Waals surface area contributed by atoms with Crippen molar-refractivity contribution in [3.8, 4) is 0 Å². The second-order valence-electron chi connectivity index (χ2n) is 5.27. The van der Waals surface area contributed by atoms with E-state index in [0.29, 0.717) is 19.2 Å². The summed E-state index contributed by atoms with van der Waals surface area (Å²) >= 11 is 0. The molecular weight excluding hydrogens is 402 g/mol. The standard InChI is InChI=1S/C15H18F2N4O4S2/c1-3-21(4-2)27(24,25)12-6-8-15(18-10-12)19-20-26(22,23)14-7-5-11(16)9-13(14)17/h5-10,20H,3-4H2,1-2H3,(H,18,19). The molecule has 0 fully saturated rings. The molecule has 2 rings (SSSR count). The Morgan fingerprint density at radius 1 is 1.04 bits per heavy atom. The van der Waals surface area contributed by atoms with Crippen molar-refractivity contribution in [2.45, 2.75) is 23.6 Å². The van der Waals surface area contributed by atoms with Crippen LogP contribution in [0.5, 0.6) is 0 Å². The molecule has 0 saturated heterocycles. The van der Waals surface area contributed by atoms with Gasteiger partial charge in [-0.05, 0) is 24.3 Å². The number of hydrogen-bond donors (Lipinski definition) is 2. The fraction of sp³-hybridized carbons (Fsp3) is 0.267. The van der Waals surface area contributed by atoms with Gasteiger partial charge >= 0.3 is 0 Å². The molecule has 0 bridgehead atoms. The molecule has 27 heavy (non-hydrogen) atoms. The molecule has 12 heteroatoms. The number of nitrogens with one attached hydrogen (secondary N) is 2. The van der Waals surface area contributed by atoms with Crippen molar-refractivity contribution in [1.82, 2.24) is 14.1 Å². The molecule has 0 unspecified atom stereocenters. The Labute approximate surface area is 156 Å². The summed E-state index contributed by atoms with van der Waals surface area (Å²) in [5.41, 5.74) is 2.24. The fourth-order valence-electron chi connectivity index (χ4n) is 2.19. The highest BCUT2D eigenvalue weighted by atomic mass is 32.2. The van der Waals surface area contributed by atoms with Gasteiger partial charge in [-0.3, -0.25) is 5.43 Å². The molecule has 0 radical (unpaired) electrons. The molecule has 0 saturated carbocycles.